The van der Waals surface area contributed by atoms with E-state index in [4.69, 9.17) is 4.42 Å². The summed E-state index contributed by atoms with van der Waals surface area (Å²) >= 11 is 1.41. The van der Waals surface area contributed by atoms with Crippen LogP contribution in [-0.4, -0.2) is 26.4 Å². The third kappa shape index (κ3) is 3.07. The Balaban J connectivity index is 1.60. The molecule has 2 amide bonds. The minimum absolute atomic E-state index is 0.121. The number of benzene rings is 1. The van der Waals surface area contributed by atoms with Crippen LogP contribution in [0.15, 0.2) is 52.5 Å². The summed E-state index contributed by atoms with van der Waals surface area (Å²) in [6, 6.07) is 10.6. The van der Waals surface area contributed by atoms with Crippen molar-refractivity contribution in [1.82, 2.24) is 14.6 Å². The predicted octanol–water partition coefficient (Wildman–Crippen LogP) is 3.26. The smallest absolute Gasteiger partial charge is 0.293 e. The van der Waals surface area contributed by atoms with Crippen LogP contribution >= 0.6 is 11.3 Å². The van der Waals surface area contributed by atoms with E-state index >= 15 is 0 Å². The SMILES string of the molecule is CC(=O)Nc1ccc(-c2csc3nc(NC(=O)c4ccco4)nn23)cc1. The topological polar surface area (TPSA) is 102 Å². The first-order chi connectivity index (χ1) is 12.6. The molecule has 2 N–H and O–H groups in total. The molecule has 0 aliphatic heterocycles. The number of furan rings is 1. The van der Waals surface area contributed by atoms with Gasteiger partial charge in [-0.05, 0) is 24.3 Å². The van der Waals surface area contributed by atoms with E-state index in [9.17, 15) is 9.59 Å². The number of carbonyl (C=O) groups is 2. The minimum atomic E-state index is -0.408. The zero-order chi connectivity index (χ0) is 18.1. The number of nitrogens with zero attached hydrogens (tertiary/aromatic N) is 3. The third-order valence-corrected chi connectivity index (χ3v) is 4.37. The fraction of sp³-hybridized carbons (Fsp3) is 0.0588. The van der Waals surface area contributed by atoms with Crippen LogP contribution in [0.3, 0.4) is 0 Å². The Hall–Kier alpha value is -3.46. The van der Waals surface area contributed by atoms with Gasteiger partial charge >= 0.3 is 0 Å². The average Bonchev–Trinajstić information content (AvgIpc) is 3.31. The molecule has 4 rings (SSSR count). The van der Waals surface area contributed by atoms with E-state index in [1.807, 2.05) is 29.6 Å². The molecule has 0 fully saturated rings. The van der Waals surface area contributed by atoms with Gasteiger partial charge in [-0.15, -0.1) is 16.4 Å². The highest BCUT2D eigenvalue weighted by Gasteiger charge is 2.15. The Bertz CT molecular complexity index is 1080. The van der Waals surface area contributed by atoms with E-state index in [1.165, 1.54) is 24.5 Å². The van der Waals surface area contributed by atoms with Crippen molar-refractivity contribution in [3.8, 4) is 11.3 Å². The molecular weight excluding hydrogens is 354 g/mol. The monoisotopic (exact) mass is 367 g/mol. The molecule has 3 aromatic heterocycles. The van der Waals surface area contributed by atoms with Gasteiger partial charge in [0.2, 0.25) is 10.9 Å². The number of rotatable bonds is 4. The quantitative estimate of drug-likeness (QED) is 0.576. The lowest BCUT2D eigenvalue weighted by Crippen LogP contribution is -2.12. The van der Waals surface area contributed by atoms with Gasteiger partial charge in [0.05, 0.1) is 12.0 Å². The Labute approximate surface area is 151 Å². The van der Waals surface area contributed by atoms with E-state index < -0.39 is 5.91 Å². The molecule has 0 atom stereocenters. The highest BCUT2D eigenvalue weighted by Crippen LogP contribution is 2.27. The summed E-state index contributed by atoms with van der Waals surface area (Å²) in [6.45, 7) is 1.46. The summed E-state index contributed by atoms with van der Waals surface area (Å²) in [6.07, 6.45) is 1.43. The van der Waals surface area contributed by atoms with Gasteiger partial charge in [0, 0.05) is 23.6 Å². The van der Waals surface area contributed by atoms with Crippen LogP contribution < -0.4 is 10.6 Å². The summed E-state index contributed by atoms with van der Waals surface area (Å²) in [5.41, 5.74) is 2.47. The minimum Gasteiger partial charge on any atom is -0.459 e. The molecule has 4 aromatic rings. The molecule has 26 heavy (non-hydrogen) atoms. The molecule has 1 aromatic carbocycles. The molecule has 0 radical (unpaired) electrons. The van der Waals surface area contributed by atoms with Crippen molar-refractivity contribution < 1.29 is 14.0 Å². The van der Waals surface area contributed by atoms with Crippen LogP contribution in [0.4, 0.5) is 11.6 Å². The average molecular weight is 367 g/mol. The number of nitrogens with one attached hydrogen (secondary N) is 2. The fourth-order valence-electron chi connectivity index (χ4n) is 2.43. The van der Waals surface area contributed by atoms with E-state index in [-0.39, 0.29) is 17.6 Å². The lowest BCUT2D eigenvalue weighted by Gasteiger charge is -2.03. The van der Waals surface area contributed by atoms with E-state index in [1.54, 1.807) is 16.6 Å². The molecule has 0 bridgehead atoms. The lowest BCUT2D eigenvalue weighted by molar-refractivity contribution is -0.114. The van der Waals surface area contributed by atoms with Crippen LogP contribution in [-0.2, 0) is 4.79 Å². The molecule has 0 unspecified atom stereocenters. The number of carbonyl (C=O) groups excluding carboxylic acids is 2. The summed E-state index contributed by atoms with van der Waals surface area (Å²) in [4.78, 5) is 28.1. The van der Waals surface area contributed by atoms with Crippen LogP contribution in [0.2, 0.25) is 0 Å². The van der Waals surface area contributed by atoms with Crippen LogP contribution in [0.1, 0.15) is 17.5 Å². The van der Waals surface area contributed by atoms with Crippen molar-refractivity contribution in [3.63, 3.8) is 0 Å². The first kappa shape index (κ1) is 16.0. The van der Waals surface area contributed by atoms with Gasteiger partial charge in [-0.3, -0.25) is 14.9 Å². The maximum atomic E-state index is 12.0. The van der Waals surface area contributed by atoms with E-state index in [0.29, 0.717) is 4.96 Å². The van der Waals surface area contributed by atoms with Crippen molar-refractivity contribution in [1.29, 1.82) is 0 Å². The third-order valence-electron chi connectivity index (χ3n) is 3.55. The molecule has 0 spiro atoms. The maximum absolute atomic E-state index is 12.0. The number of hydrogen-bond acceptors (Lipinski definition) is 6. The first-order valence-corrected chi connectivity index (χ1v) is 8.55. The van der Waals surface area contributed by atoms with Crippen molar-refractivity contribution in [2.75, 3.05) is 10.6 Å². The van der Waals surface area contributed by atoms with Crippen molar-refractivity contribution in [3.05, 3.63) is 53.8 Å². The molecule has 9 heteroatoms. The van der Waals surface area contributed by atoms with Crippen LogP contribution in [0.25, 0.3) is 16.2 Å². The van der Waals surface area contributed by atoms with Gasteiger partial charge in [0.1, 0.15) is 0 Å². The van der Waals surface area contributed by atoms with Gasteiger partial charge in [-0.25, -0.2) is 4.52 Å². The normalized spacial score (nSPS) is 10.8. The lowest BCUT2D eigenvalue weighted by atomic mass is 10.1. The molecule has 0 aliphatic carbocycles. The largest absolute Gasteiger partial charge is 0.459 e. The van der Waals surface area contributed by atoms with Gasteiger partial charge in [-0.1, -0.05) is 12.1 Å². The zero-order valence-electron chi connectivity index (χ0n) is 13.6. The number of anilines is 2. The second-order valence-electron chi connectivity index (χ2n) is 5.44. The number of fused-ring (bicyclic) bond motifs is 1. The summed E-state index contributed by atoms with van der Waals surface area (Å²) < 4.78 is 6.72. The standard InChI is InChI=1S/C17H13N5O3S/c1-10(23)18-12-6-4-11(5-7-12)13-9-26-17-20-16(21-22(13)17)19-15(24)14-3-2-8-25-14/h2-9H,1H3,(H,18,23)(H,19,21,24). The van der Waals surface area contributed by atoms with E-state index in [0.717, 1.165) is 16.9 Å². The molecular formula is C17H13N5O3S. The predicted molar refractivity (Wildman–Crippen MR) is 97.3 cm³/mol. The summed E-state index contributed by atoms with van der Waals surface area (Å²) in [5.74, 6) is -0.135. The fourth-order valence-corrected chi connectivity index (χ4v) is 3.26. The first-order valence-electron chi connectivity index (χ1n) is 7.67. The van der Waals surface area contributed by atoms with Gasteiger partial charge in [0.25, 0.3) is 11.9 Å². The van der Waals surface area contributed by atoms with Crippen molar-refractivity contribution in [2.24, 2.45) is 0 Å². The van der Waals surface area contributed by atoms with Gasteiger partial charge in [-0.2, -0.15) is 4.98 Å². The van der Waals surface area contributed by atoms with Crippen LogP contribution in [0.5, 0.6) is 0 Å². The number of thiazole rings is 1. The van der Waals surface area contributed by atoms with Crippen molar-refractivity contribution >= 4 is 39.7 Å². The summed E-state index contributed by atoms with van der Waals surface area (Å²) in [7, 11) is 0. The molecule has 0 aliphatic rings. The Morgan fingerprint density at radius 3 is 2.65 bits per heavy atom. The van der Waals surface area contributed by atoms with E-state index in [2.05, 4.69) is 20.7 Å². The van der Waals surface area contributed by atoms with Gasteiger partial charge in [0.15, 0.2) is 5.76 Å². The molecule has 8 nitrogen and oxygen atoms in total. The Kier molecular flexibility index (Phi) is 3.98. The maximum Gasteiger partial charge on any atom is 0.293 e. The Morgan fingerprint density at radius 1 is 1.15 bits per heavy atom. The van der Waals surface area contributed by atoms with Gasteiger partial charge < -0.3 is 9.73 Å². The second kappa shape index (κ2) is 6.45. The van der Waals surface area contributed by atoms with Crippen molar-refractivity contribution in [2.45, 2.75) is 6.92 Å². The number of hydrogen-bond donors (Lipinski definition) is 2. The highest BCUT2D eigenvalue weighted by molar-refractivity contribution is 7.15. The number of aromatic nitrogens is 3. The molecule has 0 saturated heterocycles. The van der Waals surface area contributed by atoms with Crippen LogP contribution in [0, 0.1) is 0 Å². The second-order valence-corrected chi connectivity index (χ2v) is 6.28. The highest BCUT2D eigenvalue weighted by atomic mass is 32.1. The zero-order valence-corrected chi connectivity index (χ0v) is 14.4. The summed E-state index contributed by atoms with van der Waals surface area (Å²) in [5, 5.41) is 11.6. The molecule has 0 saturated carbocycles. The number of amides is 2. The molecule has 130 valence electrons. The Morgan fingerprint density at radius 2 is 1.96 bits per heavy atom. The molecule has 3 heterocycles.